The first-order chi connectivity index (χ1) is 28.8. The van der Waals surface area contributed by atoms with Crippen LogP contribution in [0.4, 0.5) is 4.79 Å². The van der Waals surface area contributed by atoms with Gasteiger partial charge >= 0.3 is 12.1 Å². The van der Waals surface area contributed by atoms with E-state index in [4.69, 9.17) is 33.2 Å². The summed E-state index contributed by atoms with van der Waals surface area (Å²) < 4.78 is 38.9. The van der Waals surface area contributed by atoms with E-state index in [1.165, 1.54) is 30.6 Å². The summed E-state index contributed by atoms with van der Waals surface area (Å²) in [4.78, 5) is 68.9. The molecule has 1 rings (SSSR count). The van der Waals surface area contributed by atoms with E-state index < -0.39 is 52.5 Å². The zero-order chi connectivity index (χ0) is 47.3. The summed E-state index contributed by atoms with van der Waals surface area (Å²) in [5.74, 6) is -0.193. The molecule has 0 heterocycles. The van der Waals surface area contributed by atoms with E-state index in [0.29, 0.717) is 76.5 Å². The summed E-state index contributed by atoms with van der Waals surface area (Å²) in [5, 5.41) is 3.11. The van der Waals surface area contributed by atoms with E-state index in [0.717, 1.165) is 5.56 Å². The maximum atomic E-state index is 14.7. The highest BCUT2D eigenvalue weighted by Crippen LogP contribution is 2.33. The molecule has 15 nitrogen and oxygen atoms in total. The second kappa shape index (κ2) is 27.5. The van der Waals surface area contributed by atoms with Crippen LogP contribution in [-0.2, 0) is 53.0 Å². The van der Waals surface area contributed by atoms with Crippen molar-refractivity contribution < 1.29 is 57.1 Å². The molecule has 0 spiro atoms. The number of hydrogen-bond donors (Lipinski definition) is 1. The molecule has 1 aromatic rings. The van der Waals surface area contributed by atoms with Gasteiger partial charge in [-0.1, -0.05) is 78.4 Å². The zero-order valence-corrected chi connectivity index (χ0v) is 41.0. The van der Waals surface area contributed by atoms with Crippen molar-refractivity contribution in [1.29, 1.82) is 0 Å². The van der Waals surface area contributed by atoms with Crippen LogP contribution in [0.1, 0.15) is 95.6 Å². The highest BCUT2D eigenvalue weighted by molar-refractivity contribution is 8.13. The van der Waals surface area contributed by atoms with Crippen LogP contribution >= 0.6 is 11.8 Å². The minimum Gasteiger partial charge on any atom is -0.491 e. The van der Waals surface area contributed by atoms with E-state index in [9.17, 15) is 24.0 Å². The summed E-state index contributed by atoms with van der Waals surface area (Å²) in [6.45, 7) is 27.4. The quantitative estimate of drug-likeness (QED) is 0.0582. The summed E-state index contributed by atoms with van der Waals surface area (Å²) in [7, 11) is 3.18. The smallest absolute Gasteiger partial charge is 0.410 e. The molecule has 3 amide bonds. The first kappa shape index (κ1) is 56.3. The largest absolute Gasteiger partial charge is 0.491 e. The number of nitrogens with one attached hydrogen (secondary N) is 1. The Bertz CT molecular complexity index is 1570. The summed E-state index contributed by atoms with van der Waals surface area (Å²) in [6, 6.07) is 4.69. The fourth-order valence-electron chi connectivity index (χ4n) is 6.33. The highest BCUT2D eigenvalue weighted by atomic mass is 32.2. The van der Waals surface area contributed by atoms with Crippen molar-refractivity contribution in [3.63, 3.8) is 0 Å². The third kappa shape index (κ3) is 20.7. The van der Waals surface area contributed by atoms with E-state index in [2.05, 4.69) is 5.32 Å². The molecule has 0 aliphatic rings. The molecule has 0 saturated heterocycles. The molecule has 62 heavy (non-hydrogen) atoms. The Morgan fingerprint density at radius 3 is 1.69 bits per heavy atom. The van der Waals surface area contributed by atoms with Crippen LogP contribution in [0.3, 0.4) is 0 Å². The maximum Gasteiger partial charge on any atom is 0.410 e. The van der Waals surface area contributed by atoms with E-state index >= 15 is 0 Å². The molecule has 0 aromatic heterocycles. The normalized spacial score (nSPS) is 13.8. The SMILES string of the molecule is CCOC(=O)C(C)=CC(C(C)C)N(C)C(=O)C(NC(=O)C(N(C)C(=O)OC(C)(C)C)C(C)(C)c1ccc(OCCOCCOCCOCCOCCSC(C)=O)cc1)C(C)(C)C. The first-order valence-corrected chi connectivity index (χ1v) is 22.4. The fraction of sp³-hybridized carbons (Fsp3) is 0.717. The van der Waals surface area contributed by atoms with Crippen molar-refractivity contribution in [2.24, 2.45) is 11.3 Å². The lowest BCUT2D eigenvalue weighted by molar-refractivity contribution is -0.142. The zero-order valence-electron chi connectivity index (χ0n) is 40.2. The van der Waals surface area contributed by atoms with Crippen LogP contribution in [-0.4, -0.2) is 148 Å². The fourth-order valence-corrected chi connectivity index (χ4v) is 6.82. The first-order valence-electron chi connectivity index (χ1n) is 21.4. The molecule has 0 radical (unpaired) electrons. The minimum absolute atomic E-state index is 0.0708. The van der Waals surface area contributed by atoms with Gasteiger partial charge in [0.15, 0.2) is 5.12 Å². The number of ether oxygens (including phenoxy) is 7. The molecule has 1 aromatic carbocycles. The number of rotatable bonds is 27. The minimum atomic E-state index is -1.12. The number of hydrogen-bond acceptors (Lipinski definition) is 13. The van der Waals surface area contributed by atoms with Gasteiger partial charge in [-0.25, -0.2) is 9.59 Å². The van der Waals surface area contributed by atoms with Gasteiger partial charge in [-0.05, 0) is 63.6 Å². The van der Waals surface area contributed by atoms with Gasteiger partial charge in [-0.2, -0.15) is 0 Å². The molecular formula is C46H77N3O12S. The van der Waals surface area contributed by atoms with E-state index in [-0.39, 0.29) is 23.5 Å². The molecular weight excluding hydrogens is 819 g/mol. The highest BCUT2D eigenvalue weighted by Gasteiger charge is 2.46. The predicted molar refractivity (Wildman–Crippen MR) is 242 cm³/mol. The van der Waals surface area contributed by atoms with Crippen LogP contribution in [0.15, 0.2) is 35.9 Å². The average Bonchev–Trinajstić information content (AvgIpc) is 3.17. The molecule has 1 N–H and O–H groups in total. The van der Waals surface area contributed by atoms with Gasteiger partial charge in [-0.3, -0.25) is 19.3 Å². The summed E-state index contributed by atoms with van der Waals surface area (Å²) in [5.41, 5.74) is -1.46. The maximum absolute atomic E-state index is 14.7. The Hall–Kier alpha value is -3.70. The number of nitrogens with zero attached hydrogens (tertiary/aromatic N) is 2. The van der Waals surface area contributed by atoms with Crippen LogP contribution in [0.2, 0.25) is 0 Å². The Kier molecular flexibility index (Phi) is 25.0. The summed E-state index contributed by atoms with van der Waals surface area (Å²) in [6.07, 6.45) is 1.03. The molecule has 0 saturated carbocycles. The molecule has 0 aliphatic carbocycles. The standard InChI is InChI=1S/C46H77N3O12S/c1-16-59-42(53)33(4)31-37(32(2)3)48(14)41(52)38(44(6,7)8)47-40(51)39(49(15)43(54)61-45(9,10)11)46(12,13)35-17-19-36(20-18-35)60-28-27-57-24-23-55-21-22-56-25-26-58-29-30-62-34(5)50/h17-20,31-32,37-39H,16,21-30H2,1-15H3,(H,47,51). The molecule has 0 aliphatic heterocycles. The van der Waals surface area contributed by atoms with Crippen molar-refractivity contribution in [1.82, 2.24) is 15.1 Å². The Morgan fingerprint density at radius 1 is 0.742 bits per heavy atom. The molecule has 3 unspecified atom stereocenters. The van der Waals surface area contributed by atoms with Gasteiger partial charge in [0.05, 0.1) is 65.5 Å². The van der Waals surface area contributed by atoms with Crippen LogP contribution < -0.4 is 10.1 Å². The lowest BCUT2D eigenvalue weighted by Gasteiger charge is -2.42. The number of likely N-dealkylation sites (N-methyl/N-ethyl adjacent to an activating group) is 2. The number of carbonyl (C=O) groups excluding carboxylic acids is 5. The van der Waals surface area contributed by atoms with Crippen molar-refractivity contribution in [2.45, 2.75) is 119 Å². The number of amides is 3. The van der Waals surface area contributed by atoms with Gasteiger partial charge < -0.3 is 43.4 Å². The van der Waals surface area contributed by atoms with Crippen molar-refractivity contribution in [3.05, 3.63) is 41.5 Å². The topological polar surface area (TPSA) is 168 Å². The van der Waals surface area contributed by atoms with Gasteiger partial charge in [0, 0.05) is 37.8 Å². The Balaban J connectivity index is 3.05. The van der Waals surface area contributed by atoms with Crippen molar-refractivity contribution in [3.8, 4) is 5.75 Å². The van der Waals surface area contributed by atoms with Crippen molar-refractivity contribution in [2.75, 3.05) is 85.9 Å². The molecule has 354 valence electrons. The molecule has 3 atom stereocenters. The summed E-state index contributed by atoms with van der Waals surface area (Å²) >= 11 is 1.24. The lowest BCUT2D eigenvalue weighted by Crippen LogP contribution is -2.63. The van der Waals surface area contributed by atoms with Gasteiger partial charge in [0.2, 0.25) is 11.8 Å². The second-order valence-electron chi connectivity index (χ2n) is 17.9. The number of benzene rings is 1. The third-order valence-corrected chi connectivity index (χ3v) is 10.4. The monoisotopic (exact) mass is 896 g/mol. The second-order valence-corrected chi connectivity index (χ2v) is 19.2. The van der Waals surface area contributed by atoms with Gasteiger partial charge in [0.25, 0.3) is 0 Å². The average molecular weight is 896 g/mol. The number of thioether (sulfide) groups is 1. The Morgan fingerprint density at radius 2 is 1.24 bits per heavy atom. The number of carbonyl (C=O) groups is 5. The van der Waals surface area contributed by atoms with Gasteiger partial charge in [0.1, 0.15) is 30.0 Å². The third-order valence-electron chi connectivity index (χ3n) is 9.64. The predicted octanol–water partition coefficient (Wildman–Crippen LogP) is 6.45. The number of esters is 1. The van der Waals surface area contributed by atoms with E-state index in [1.807, 2.05) is 60.6 Å². The molecule has 16 heteroatoms. The Labute approximate surface area is 375 Å². The molecule has 0 fully saturated rings. The van der Waals surface area contributed by atoms with Crippen LogP contribution in [0, 0.1) is 11.3 Å². The van der Waals surface area contributed by atoms with Gasteiger partial charge in [-0.15, -0.1) is 0 Å². The molecule has 0 bridgehead atoms. The van der Waals surface area contributed by atoms with Crippen molar-refractivity contribution >= 4 is 40.8 Å². The van der Waals surface area contributed by atoms with E-state index in [1.54, 1.807) is 64.8 Å². The van der Waals surface area contributed by atoms with Crippen LogP contribution in [0.5, 0.6) is 5.75 Å². The lowest BCUT2D eigenvalue weighted by atomic mass is 9.76. The van der Waals surface area contributed by atoms with Crippen LogP contribution in [0.25, 0.3) is 0 Å².